The minimum absolute atomic E-state index is 0.0675. The first-order valence-electron chi connectivity index (χ1n) is 17.2. The monoisotopic (exact) mass is 771 g/mol. The Morgan fingerprint density at radius 2 is 1.35 bits per heavy atom. The molecule has 6 amide bonds. The van der Waals surface area contributed by atoms with E-state index < -0.39 is 103 Å². The molecule has 1 fully saturated rings. The molecule has 6 N–H and O–H groups in total. The molecule has 2 aromatic rings. The number of hydrogen-bond donors (Lipinski definition) is 6. The molecule has 55 heavy (non-hydrogen) atoms. The average Bonchev–Trinajstić information content (AvgIpc) is 3.97. The van der Waals surface area contributed by atoms with E-state index in [1.165, 1.54) is 0 Å². The first kappa shape index (κ1) is 43.3. The van der Waals surface area contributed by atoms with Crippen LogP contribution in [0.5, 0.6) is 0 Å². The molecule has 0 unspecified atom stereocenters. The number of aliphatic carboxylic acids is 1. The summed E-state index contributed by atoms with van der Waals surface area (Å²) in [6, 6.07) is 12.4. The number of carbonyl (C=O) groups excluding carboxylic acids is 6. The summed E-state index contributed by atoms with van der Waals surface area (Å²) in [7, 11) is 0.851. The molecule has 0 bridgehead atoms. The Kier molecular flexibility index (Phi) is 16.1. The molecule has 0 aromatic heterocycles. The van der Waals surface area contributed by atoms with E-state index in [0.717, 1.165) is 14.0 Å². The van der Waals surface area contributed by atoms with Crippen LogP contribution in [0.4, 0.5) is 9.59 Å². The van der Waals surface area contributed by atoms with Crippen molar-refractivity contribution in [3.63, 3.8) is 0 Å². The predicted octanol–water partition coefficient (Wildman–Crippen LogP) is 0.934. The number of carbonyl (C=O) groups is 8. The fourth-order valence-electron chi connectivity index (χ4n) is 5.12. The number of hydrazine groups is 1. The highest BCUT2D eigenvalue weighted by atomic mass is 16.6. The molecule has 7 atom stereocenters. The number of carboxylic acids is 1. The molecule has 1 heterocycles. The van der Waals surface area contributed by atoms with Crippen LogP contribution in [-0.4, -0.2) is 117 Å². The van der Waals surface area contributed by atoms with Crippen LogP contribution >= 0.6 is 0 Å². The zero-order valence-electron chi connectivity index (χ0n) is 30.6. The lowest BCUT2D eigenvalue weighted by Crippen LogP contribution is -2.62. The van der Waals surface area contributed by atoms with Gasteiger partial charge in [-0.05, 0) is 30.4 Å². The van der Waals surface area contributed by atoms with Gasteiger partial charge >= 0.3 is 24.1 Å². The highest BCUT2D eigenvalue weighted by molar-refractivity contribution is 6.01. The Hall–Kier alpha value is -6.08. The molecule has 0 radical (unpaired) electrons. The molecule has 0 aliphatic carbocycles. The molecule has 298 valence electrons. The van der Waals surface area contributed by atoms with Gasteiger partial charge in [0.05, 0.1) is 6.10 Å². The number of esters is 1. The fraction of sp³-hybridized carbons (Fsp3) is 0.444. The topological polar surface area (TPSA) is 271 Å². The molecule has 19 heteroatoms. The number of likely N-dealkylation sites (N-methyl/N-ethyl adjacent to an activating group) is 1. The molecule has 0 saturated carbocycles. The van der Waals surface area contributed by atoms with Crippen LogP contribution in [0.25, 0.3) is 0 Å². The first-order chi connectivity index (χ1) is 26.0. The molecule has 0 spiro atoms. The Balaban J connectivity index is 1.71. The third-order valence-corrected chi connectivity index (χ3v) is 8.51. The Morgan fingerprint density at radius 3 is 1.85 bits per heavy atom. The number of ether oxygens (including phenoxy) is 3. The van der Waals surface area contributed by atoms with Crippen molar-refractivity contribution in [2.75, 3.05) is 7.05 Å². The largest absolute Gasteiger partial charge is 0.481 e. The van der Waals surface area contributed by atoms with Crippen LogP contribution in [-0.2, 0) is 56.2 Å². The highest BCUT2D eigenvalue weighted by Crippen LogP contribution is 2.27. The zero-order chi connectivity index (χ0) is 40.8. The van der Waals surface area contributed by atoms with Crippen LogP contribution in [0, 0.1) is 5.92 Å². The number of aliphatic hydroxyl groups excluding tert-OH is 1. The van der Waals surface area contributed by atoms with Gasteiger partial charge in [0.2, 0.25) is 11.8 Å². The SMILES string of the molecule is CC[C@H](C)[C@H](NC(=O)OCc1ccccc1)C(=O)N[C@@H](CCC(=O)O)C(=O)N[C@H](C(=O)N(C)N(C(=O)O)C(=O)[C@H]1O[C@@H]1C(=O)OCc1ccccc1)[C@@H](C)O. The number of benzene rings is 2. The van der Waals surface area contributed by atoms with Crippen LogP contribution in [0.1, 0.15) is 51.2 Å². The number of rotatable bonds is 18. The number of imide groups is 1. The third-order valence-electron chi connectivity index (χ3n) is 8.51. The van der Waals surface area contributed by atoms with Gasteiger partial charge in [0.1, 0.15) is 31.3 Å². The van der Waals surface area contributed by atoms with E-state index in [4.69, 9.17) is 14.2 Å². The summed E-state index contributed by atoms with van der Waals surface area (Å²) in [6.07, 6.45) is -8.50. The molecule has 1 aliphatic heterocycles. The van der Waals surface area contributed by atoms with Crippen LogP contribution in [0.3, 0.4) is 0 Å². The number of alkyl carbamates (subject to hydrolysis) is 1. The molecular weight excluding hydrogens is 726 g/mol. The molecule has 19 nitrogen and oxygen atoms in total. The summed E-state index contributed by atoms with van der Waals surface area (Å²) >= 11 is 0. The molecular formula is C36H45N5O14. The standard InChI is InChI=1S/C36H45N5O14/c1-5-20(2)26(39-35(50)54-19-23-14-10-7-11-15-23)31(46)37-24(16-17-25(43)44)30(45)38-27(21(3)42)32(47)40(4)41(36(51)52)33(48)28-29(55-28)34(49)53-18-22-12-8-6-9-13-22/h6-15,20-21,24,26-29,42H,5,16-19H2,1-4H3,(H,37,46)(H,38,45)(H,39,50)(H,43,44)(H,51,52)/t20-,21+,24-,26-,27-,28-,29-/m0/s1. The van der Waals surface area contributed by atoms with E-state index in [1.807, 2.05) is 0 Å². The number of carboxylic acid groups (broad SMARTS) is 2. The van der Waals surface area contributed by atoms with E-state index in [2.05, 4.69) is 16.0 Å². The van der Waals surface area contributed by atoms with Gasteiger partial charge in [0, 0.05) is 13.5 Å². The Bertz CT molecular complexity index is 1690. The maximum Gasteiger partial charge on any atom is 0.433 e. The van der Waals surface area contributed by atoms with Gasteiger partial charge < -0.3 is 45.5 Å². The second-order valence-electron chi connectivity index (χ2n) is 12.7. The lowest BCUT2D eigenvalue weighted by molar-refractivity contribution is -0.160. The van der Waals surface area contributed by atoms with E-state index >= 15 is 0 Å². The van der Waals surface area contributed by atoms with Crippen molar-refractivity contribution in [2.45, 2.75) is 89.7 Å². The number of nitrogens with one attached hydrogen (secondary N) is 3. The number of amides is 6. The zero-order valence-corrected chi connectivity index (χ0v) is 30.6. The van der Waals surface area contributed by atoms with Crippen molar-refractivity contribution in [2.24, 2.45) is 5.92 Å². The van der Waals surface area contributed by atoms with Crippen molar-refractivity contribution in [3.05, 3.63) is 71.8 Å². The Morgan fingerprint density at radius 1 is 0.782 bits per heavy atom. The summed E-state index contributed by atoms with van der Waals surface area (Å²) in [5.41, 5.74) is 1.32. The molecule has 1 saturated heterocycles. The van der Waals surface area contributed by atoms with E-state index in [9.17, 15) is 53.7 Å². The highest BCUT2D eigenvalue weighted by Gasteiger charge is 2.55. The summed E-state index contributed by atoms with van der Waals surface area (Å²) in [5.74, 6) is -7.52. The van der Waals surface area contributed by atoms with Gasteiger partial charge in [-0.15, -0.1) is 5.01 Å². The van der Waals surface area contributed by atoms with Crippen LogP contribution < -0.4 is 16.0 Å². The Labute approximate surface area is 315 Å². The first-order valence-corrected chi connectivity index (χ1v) is 17.2. The summed E-state index contributed by atoms with van der Waals surface area (Å²) in [6.45, 7) is 4.20. The number of hydrogen-bond acceptors (Lipinski definition) is 12. The van der Waals surface area contributed by atoms with Crippen molar-refractivity contribution in [3.8, 4) is 0 Å². The van der Waals surface area contributed by atoms with Crippen LogP contribution in [0.15, 0.2) is 60.7 Å². The average molecular weight is 772 g/mol. The summed E-state index contributed by atoms with van der Waals surface area (Å²) in [4.78, 5) is 102. The van der Waals surface area contributed by atoms with Crippen molar-refractivity contribution in [1.29, 1.82) is 0 Å². The number of aliphatic hydroxyl groups is 1. The fourth-order valence-corrected chi connectivity index (χ4v) is 5.12. The van der Waals surface area contributed by atoms with Crippen molar-refractivity contribution < 1.29 is 67.9 Å². The van der Waals surface area contributed by atoms with Gasteiger partial charge in [-0.2, -0.15) is 0 Å². The van der Waals surface area contributed by atoms with Gasteiger partial charge in [-0.25, -0.2) is 19.4 Å². The van der Waals surface area contributed by atoms with Gasteiger partial charge in [-0.1, -0.05) is 80.9 Å². The minimum Gasteiger partial charge on any atom is -0.481 e. The van der Waals surface area contributed by atoms with Crippen molar-refractivity contribution in [1.82, 2.24) is 26.0 Å². The third kappa shape index (κ3) is 12.8. The van der Waals surface area contributed by atoms with Crippen molar-refractivity contribution >= 4 is 47.8 Å². The normalized spacial score (nSPS) is 17.1. The maximum absolute atomic E-state index is 13.5. The van der Waals surface area contributed by atoms with Crippen LogP contribution in [0.2, 0.25) is 0 Å². The molecule has 3 rings (SSSR count). The second-order valence-corrected chi connectivity index (χ2v) is 12.7. The quantitative estimate of drug-likeness (QED) is 0.0700. The number of nitrogens with zero attached hydrogens (tertiary/aromatic N) is 2. The lowest BCUT2D eigenvalue weighted by atomic mass is 9.97. The minimum atomic E-state index is -1.97. The lowest BCUT2D eigenvalue weighted by Gasteiger charge is -2.32. The number of epoxide rings is 1. The predicted molar refractivity (Wildman–Crippen MR) is 188 cm³/mol. The van der Waals surface area contributed by atoms with Gasteiger partial charge in [-0.3, -0.25) is 24.0 Å². The van der Waals surface area contributed by atoms with E-state index in [-0.39, 0.29) is 23.2 Å². The maximum atomic E-state index is 13.5. The van der Waals surface area contributed by atoms with E-state index in [1.54, 1.807) is 74.5 Å². The smallest absolute Gasteiger partial charge is 0.433 e. The molecule has 1 aliphatic rings. The second kappa shape index (κ2) is 20.4. The summed E-state index contributed by atoms with van der Waals surface area (Å²) < 4.78 is 15.4. The van der Waals surface area contributed by atoms with Gasteiger partial charge in [0.25, 0.3) is 11.8 Å². The van der Waals surface area contributed by atoms with E-state index in [0.29, 0.717) is 17.5 Å². The molecule has 2 aromatic carbocycles. The summed E-state index contributed by atoms with van der Waals surface area (Å²) in [5, 5.41) is 36.9. The van der Waals surface area contributed by atoms with Gasteiger partial charge in [0.15, 0.2) is 12.2 Å².